The van der Waals surface area contributed by atoms with Crippen molar-refractivity contribution in [1.82, 2.24) is 5.32 Å². The molecule has 140 valence electrons. The standard InChI is InChI=1S/C22H29NO3/c1-15(18-10-9-17-7-5-6-8-19(17)13-18)23-14-16-11-20(24-2)22(26-4)21(12-16)25-3/h9-13,15,23H,5-8,14H2,1-4H3. The van der Waals surface area contributed by atoms with Crippen LogP contribution >= 0.6 is 0 Å². The van der Waals surface area contributed by atoms with E-state index in [1.807, 2.05) is 12.1 Å². The lowest BCUT2D eigenvalue weighted by Gasteiger charge is -2.20. The number of nitrogens with one attached hydrogen (secondary N) is 1. The van der Waals surface area contributed by atoms with Crippen molar-refractivity contribution in [3.8, 4) is 17.2 Å². The molecular formula is C22H29NO3. The molecule has 4 heteroatoms. The molecule has 1 aliphatic carbocycles. The summed E-state index contributed by atoms with van der Waals surface area (Å²) in [5, 5.41) is 3.61. The van der Waals surface area contributed by atoms with E-state index in [-0.39, 0.29) is 6.04 Å². The fourth-order valence-corrected chi connectivity index (χ4v) is 3.65. The Hall–Kier alpha value is -2.20. The predicted octanol–water partition coefficient (Wildman–Crippen LogP) is 4.44. The van der Waals surface area contributed by atoms with Crippen molar-refractivity contribution in [1.29, 1.82) is 0 Å². The molecule has 4 nitrogen and oxygen atoms in total. The molecule has 26 heavy (non-hydrogen) atoms. The van der Waals surface area contributed by atoms with Crippen LogP contribution in [0.3, 0.4) is 0 Å². The lowest BCUT2D eigenvalue weighted by Crippen LogP contribution is -2.19. The van der Waals surface area contributed by atoms with Crippen LogP contribution in [0.1, 0.15) is 48.1 Å². The van der Waals surface area contributed by atoms with Gasteiger partial charge in [-0.15, -0.1) is 0 Å². The maximum atomic E-state index is 5.44. The maximum Gasteiger partial charge on any atom is 0.203 e. The molecule has 2 aromatic rings. The second kappa shape index (κ2) is 8.45. The predicted molar refractivity (Wildman–Crippen MR) is 104 cm³/mol. The number of aryl methyl sites for hydroxylation is 2. The zero-order chi connectivity index (χ0) is 18.5. The van der Waals surface area contributed by atoms with E-state index < -0.39 is 0 Å². The van der Waals surface area contributed by atoms with Crippen LogP contribution in [0.25, 0.3) is 0 Å². The number of methoxy groups -OCH3 is 3. The Morgan fingerprint density at radius 2 is 1.54 bits per heavy atom. The van der Waals surface area contributed by atoms with E-state index in [9.17, 15) is 0 Å². The first kappa shape index (κ1) is 18.6. The van der Waals surface area contributed by atoms with E-state index in [0.717, 1.165) is 12.1 Å². The largest absolute Gasteiger partial charge is 0.493 e. The van der Waals surface area contributed by atoms with Crippen LogP contribution in [0.15, 0.2) is 30.3 Å². The Bertz CT molecular complexity index is 732. The van der Waals surface area contributed by atoms with Crippen molar-refractivity contribution in [2.24, 2.45) is 0 Å². The minimum absolute atomic E-state index is 0.279. The summed E-state index contributed by atoms with van der Waals surface area (Å²) in [5.74, 6) is 2.00. The summed E-state index contributed by atoms with van der Waals surface area (Å²) < 4.78 is 16.3. The Balaban J connectivity index is 1.72. The van der Waals surface area contributed by atoms with Crippen molar-refractivity contribution in [2.45, 2.75) is 45.2 Å². The normalized spacial score (nSPS) is 14.5. The van der Waals surface area contributed by atoms with E-state index in [4.69, 9.17) is 14.2 Å². The Kier molecular flexibility index (Phi) is 6.04. The van der Waals surface area contributed by atoms with Gasteiger partial charge in [0.05, 0.1) is 21.3 Å². The zero-order valence-corrected chi connectivity index (χ0v) is 16.2. The number of benzene rings is 2. The highest BCUT2D eigenvalue weighted by atomic mass is 16.5. The smallest absolute Gasteiger partial charge is 0.203 e. The molecule has 3 rings (SSSR count). The quantitative estimate of drug-likeness (QED) is 0.797. The first-order valence-electron chi connectivity index (χ1n) is 9.30. The molecule has 1 N–H and O–H groups in total. The summed E-state index contributed by atoms with van der Waals surface area (Å²) >= 11 is 0. The van der Waals surface area contributed by atoms with Crippen molar-refractivity contribution >= 4 is 0 Å². The Morgan fingerprint density at radius 1 is 0.885 bits per heavy atom. The summed E-state index contributed by atoms with van der Waals surface area (Å²) in [6, 6.07) is 11.2. The first-order chi connectivity index (χ1) is 12.7. The van der Waals surface area contributed by atoms with Crippen molar-refractivity contribution in [3.63, 3.8) is 0 Å². The molecule has 0 heterocycles. The van der Waals surface area contributed by atoms with Gasteiger partial charge >= 0.3 is 0 Å². The average Bonchev–Trinajstić information content (AvgIpc) is 2.70. The van der Waals surface area contributed by atoms with Gasteiger partial charge in [0, 0.05) is 12.6 Å². The molecule has 0 aliphatic heterocycles. The van der Waals surface area contributed by atoms with Gasteiger partial charge in [-0.05, 0) is 67.0 Å². The summed E-state index contributed by atoms with van der Waals surface area (Å²) in [4.78, 5) is 0. The van der Waals surface area contributed by atoms with E-state index in [0.29, 0.717) is 17.2 Å². The van der Waals surface area contributed by atoms with E-state index >= 15 is 0 Å². The second-order valence-corrected chi connectivity index (χ2v) is 6.87. The number of hydrogen-bond acceptors (Lipinski definition) is 4. The summed E-state index contributed by atoms with van der Waals surface area (Å²) in [5.41, 5.74) is 5.49. The molecule has 0 bridgehead atoms. The fourth-order valence-electron chi connectivity index (χ4n) is 3.65. The molecule has 0 saturated carbocycles. The molecule has 1 aliphatic rings. The number of hydrogen-bond donors (Lipinski definition) is 1. The van der Waals surface area contributed by atoms with Gasteiger partial charge < -0.3 is 19.5 Å². The minimum atomic E-state index is 0.279. The van der Waals surface area contributed by atoms with Gasteiger partial charge in [0.25, 0.3) is 0 Å². The monoisotopic (exact) mass is 355 g/mol. The zero-order valence-electron chi connectivity index (χ0n) is 16.2. The molecule has 0 radical (unpaired) electrons. The van der Waals surface area contributed by atoms with Gasteiger partial charge in [-0.25, -0.2) is 0 Å². The van der Waals surface area contributed by atoms with Crippen LogP contribution in [-0.2, 0) is 19.4 Å². The first-order valence-corrected chi connectivity index (χ1v) is 9.30. The van der Waals surface area contributed by atoms with Crippen molar-refractivity contribution < 1.29 is 14.2 Å². The molecule has 0 spiro atoms. The lowest BCUT2D eigenvalue weighted by molar-refractivity contribution is 0.323. The van der Waals surface area contributed by atoms with Gasteiger partial charge in [-0.2, -0.15) is 0 Å². The van der Waals surface area contributed by atoms with Crippen molar-refractivity contribution in [3.05, 3.63) is 52.6 Å². The van der Waals surface area contributed by atoms with Gasteiger partial charge in [0.2, 0.25) is 5.75 Å². The molecule has 0 amide bonds. The van der Waals surface area contributed by atoms with Crippen LogP contribution in [0.5, 0.6) is 17.2 Å². The van der Waals surface area contributed by atoms with Crippen LogP contribution in [0.4, 0.5) is 0 Å². The molecule has 1 atom stereocenters. The van der Waals surface area contributed by atoms with Gasteiger partial charge in [-0.1, -0.05) is 18.2 Å². The maximum absolute atomic E-state index is 5.44. The fraction of sp³-hybridized carbons (Fsp3) is 0.455. The third-order valence-corrected chi connectivity index (χ3v) is 5.21. The van der Waals surface area contributed by atoms with E-state index in [1.165, 1.54) is 42.4 Å². The lowest BCUT2D eigenvalue weighted by atomic mass is 9.89. The molecule has 0 fully saturated rings. The van der Waals surface area contributed by atoms with Crippen LogP contribution in [-0.4, -0.2) is 21.3 Å². The number of ether oxygens (including phenoxy) is 3. The SMILES string of the molecule is COc1cc(CNC(C)c2ccc3c(c2)CCCC3)cc(OC)c1OC. The topological polar surface area (TPSA) is 39.7 Å². The van der Waals surface area contributed by atoms with E-state index in [1.54, 1.807) is 21.3 Å². The van der Waals surface area contributed by atoms with Gasteiger partial charge in [0.15, 0.2) is 11.5 Å². The highest BCUT2D eigenvalue weighted by Crippen LogP contribution is 2.38. The molecule has 0 aromatic heterocycles. The second-order valence-electron chi connectivity index (χ2n) is 6.87. The minimum Gasteiger partial charge on any atom is -0.493 e. The van der Waals surface area contributed by atoms with Crippen molar-refractivity contribution in [2.75, 3.05) is 21.3 Å². The number of rotatable bonds is 7. The molecule has 0 saturated heterocycles. The summed E-state index contributed by atoms with van der Waals surface area (Å²) in [6.07, 6.45) is 5.07. The van der Waals surface area contributed by atoms with Crippen LogP contribution in [0, 0.1) is 0 Å². The number of fused-ring (bicyclic) bond motifs is 1. The highest BCUT2D eigenvalue weighted by Gasteiger charge is 2.15. The molecular weight excluding hydrogens is 326 g/mol. The van der Waals surface area contributed by atoms with Gasteiger partial charge in [0.1, 0.15) is 0 Å². The van der Waals surface area contributed by atoms with E-state index in [2.05, 4.69) is 30.4 Å². The highest BCUT2D eigenvalue weighted by molar-refractivity contribution is 5.53. The third kappa shape index (κ3) is 3.96. The summed E-state index contributed by atoms with van der Waals surface area (Å²) in [7, 11) is 4.91. The molecule has 1 unspecified atom stereocenters. The third-order valence-electron chi connectivity index (χ3n) is 5.21. The molecule has 2 aromatic carbocycles. The van der Waals surface area contributed by atoms with Gasteiger partial charge in [-0.3, -0.25) is 0 Å². The van der Waals surface area contributed by atoms with Crippen LogP contribution < -0.4 is 19.5 Å². The summed E-state index contributed by atoms with van der Waals surface area (Å²) in [6.45, 7) is 2.94. The Morgan fingerprint density at radius 3 is 2.15 bits per heavy atom. The average molecular weight is 355 g/mol. The van der Waals surface area contributed by atoms with Crippen LogP contribution in [0.2, 0.25) is 0 Å². The Labute approximate surface area is 156 Å².